The number of hydrogen-bond acceptors (Lipinski definition) is 4. The third-order valence-corrected chi connectivity index (χ3v) is 3.69. The van der Waals surface area contributed by atoms with Crippen LogP contribution in [0.25, 0.3) is 0 Å². The summed E-state index contributed by atoms with van der Waals surface area (Å²) >= 11 is 0. The molecule has 2 unspecified atom stereocenters. The van der Waals surface area contributed by atoms with Gasteiger partial charge in [0, 0.05) is 18.2 Å². The standard InChI is InChI=1S/C17H25N3O3/c1-17(2,3)23-16(22)20-13-8-7-12(10-13)15(21)19-11-14-6-4-5-9-18-14/h4-6,9,12-13H,7-8,10-11H2,1-3H3,(H,19,21)(H,20,22). The molecule has 0 saturated heterocycles. The van der Waals surface area contributed by atoms with E-state index >= 15 is 0 Å². The molecule has 0 radical (unpaired) electrons. The summed E-state index contributed by atoms with van der Waals surface area (Å²) in [6, 6.07) is 5.61. The molecular weight excluding hydrogens is 294 g/mol. The number of nitrogens with zero attached hydrogens (tertiary/aromatic N) is 1. The van der Waals surface area contributed by atoms with Crippen molar-refractivity contribution < 1.29 is 14.3 Å². The lowest BCUT2D eigenvalue weighted by Crippen LogP contribution is -2.38. The van der Waals surface area contributed by atoms with Gasteiger partial charge in [-0.1, -0.05) is 6.07 Å². The highest BCUT2D eigenvalue weighted by molar-refractivity contribution is 5.79. The van der Waals surface area contributed by atoms with Crippen LogP contribution in [0.2, 0.25) is 0 Å². The van der Waals surface area contributed by atoms with Crippen molar-refractivity contribution in [3.8, 4) is 0 Å². The van der Waals surface area contributed by atoms with E-state index in [-0.39, 0.29) is 17.9 Å². The zero-order valence-corrected chi connectivity index (χ0v) is 14.0. The van der Waals surface area contributed by atoms with Crippen molar-refractivity contribution in [3.05, 3.63) is 30.1 Å². The molecule has 126 valence electrons. The quantitative estimate of drug-likeness (QED) is 0.893. The number of alkyl carbamates (subject to hydrolysis) is 1. The van der Waals surface area contributed by atoms with Crippen LogP contribution >= 0.6 is 0 Å². The van der Waals surface area contributed by atoms with Crippen molar-refractivity contribution in [2.24, 2.45) is 5.92 Å². The van der Waals surface area contributed by atoms with Gasteiger partial charge in [0.05, 0.1) is 12.2 Å². The summed E-state index contributed by atoms with van der Waals surface area (Å²) in [6.07, 6.45) is 3.50. The average Bonchev–Trinajstić information content (AvgIpc) is 2.92. The largest absolute Gasteiger partial charge is 0.444 e. The summed E-state index contributed by atoms with van der Waals surface area (Å²) in [4.78, 5) is 28.1. The highest BCUT2D eigenvalue weighted by atomic mass is 16.6. The predicted octanol–water partition coefficient (Wildman–Crippen LogP) is 2.39. The van der Waals surface area contributed by atoms with Gasteiger partial charge in [-0.2, -0.15) is 0 Å². The van der Waals surface area contributed by atoms with Crippen LogP contribution in [0, 0.1) is 5.92 Å². The third kappa shape index (κ3) is 5.88. The zero-order valence-electron chi connectivity index (χ0n) is 14.0. The Morgan fingerprint density at radius 2 is 2.09 bits per heavy atom. The number of carbonyl (C=O) groups excluding carboxylic acids is 2. The molecule has 1 heterocycles. The predicted molar refractivity (Wildman–Crippen MR) is 86.6 cm³/mol. The van der Waals surface area contributed by atoms with E-state index in [1.165, 1.54) is 0 Å². The van der Waals surface area contributed by atoms with Gasteiger partial charge in [-0.25, -0.2) is 4.79 Å². The Bertz CT molecular complexity index is 540. The summed E-state index contributed by atoms with van der Waals surface area (Å²) in [7, 11) is 0. The van der Waals surface area contributed by atoms with Crippen LogP contribution in [-0.2, 0) is 16.1 Å². The molecule has 1 aromatic rings. The Kier molecular flexibility index (Phi) is 5.58. The third-order valence-electron chi connectivity index (χ3n) is 3.69. The first kappa shape index (κ1) is 17.2. The summed E-state index contributed by atoms with van der Waals surface area (Å²) < 4.78 is 5.24. The smallest absolute Gasteiger partial charge is 0.407 e. The number of nitrogens with one attached hydrogen (secondary N) is 2. The maximum absolute atomic E-state index is 12.2. The van der Waals surface area contributed by atoms with E-state index in [1.807, 2.05) is 39.0 Å². The van der Waals surface area contributed by atoms with Gasteiger partial charge in [0.2, 0.25) is 5.91 Å². The van der Waals surface area contributed by atoms with Gasteiger partial charge in [-0.3, -0.25) is 9.78 Å². The second-order valence-corrected chi connectivity index (χ2v) is 6.89. The summed E-state index contributed by atoms with van der Waals surface area (Å²) in [5.74, 6) is -0.0530. The van der Waals surface area contributed by atoms with Gasteiger partial charge < -0.3 is 15.4 Å². The molecule has 2 amide bonds. The van der Waals surface area contributed by atoms with Crippen molar-refractivity contribution in [2.45, 2.75) is 58.2 Å². The first-order valence-electron chi connectivity index (χ1n) is 8.00. The van der Waals surface area contributed by atoms with Gasteiger partial charge in [-0.05, 0) is 52.2 Å². The SMILES string of the molecule is CC(C)(C)OC(=O)NC1CCC(C(=O)NCc2ccccn2)C1. The van der Waals surface area contributed by atoms with E-state index in [9.17, 15) is 9.59 Å². The minimum absolute atomic E-state index is 0.00421. The molecule has 1 fully saturated rings. The number of carbonyl (C=O) groups is 2. The molecule has 6 nitrogen and oxygen atoms in total. The van der Waals surface area contributed by atoms with E-state index < -0.39 is 11.7 Å². The molecule has 2 N–H and O–H groups in total. The maximum atomic E-state index is 12.2. The summed E-state index contributed by atoms with van der Waals surface area (Å²) in [5.41, 5.74) is 0.324. The van der Waals surface area contributed by atoms with E-state index in [0.717, 1.165) is 18.5 Å². The molecule has 2 atom stereocenters. The maximum Gasteiger partial charge on any atom is 0.407 e. The minimum atomic E-state index is -0.512. The normalized spacial score (nSPS) is 20.8. The topological polar surface area (TPSA) is 80.3 Å². The molecule has 1 saturated carbocycles. The van der Waals surface area contributed by atoms with Crippen LogP contribution < -0.4 is 10.6 Å². The van der Waals surface area contributed by atoms with E-state index in [0.29, 0.717) is 13.0 Å². The van der Waals surface area contributed by atoms with E-state index in [2.05, 4.69) is 15.6 Å². The monoisotopic (exact) mass is 319 g/mol. The van der Waals surface area contributed by atoms with Gasteiger partial charge >= 0.3 is 6.09 Å². The molecule has 1 aliphatic carbocycles. The number of aromatic nitrogens is 1. The van der Waals surface area contributed by atoms with Crippen LogP contribution in [0.3, 0.4) is 0 Å². The average molecular weight is 319 g/mol. The van der Waals surface area contributed by atoms with Crippen LogP contribution in [0.15, 0.2) is 24.4 Å². The molecule has 1 aromatic heterocycles. The Labute approximate surface area is 137 Å². The molecular formula is C17H25N3O3. The fourth-order valence-electron chi connectivity index (χ4n) is 2.65. The second-order valence-electron chi connectivity index (χ2n) is 6.89. The van der Waals surface area contributed by atoms with Gasteiger partial charge in [0.1, 0.15) is 5.60 Å². The lowest BCUT2D eigenvalue weighted by atomic mass is 10.1. The molecule has 23 heavy (non-hydrogen) atoms. The lowest BCUT2D eigenvalue weighted by molar-refractivity contribution is -0.125. The first-order valence-corrected chi connectivity index (χ1v) is 8.00. The molecule has 1 aliphatic rings. The first-order chi connectivity index (χ1) is 10.8. The van der Waals surface area contributed by atoms with Gasteiger partial charge in [-0.15, -0.1) is 0 Å². The minimum Gasteiger partial charge on any atom is -0.444 e. The zero-order chi connectivity index (χ0) is 16.9. The number of hydrogen-bond donors (Lipinski definition) is 2. The van der Waals surface area contributed by atoms with Crippen molar-refractivity contribution >= 4 is 12.0 Å². The van der Waals surface area contributed by atoms with Crippen LogP contribution in [-0.4, -0.2) is 28.6 Å². The Balaban J connectivity index is 1.74. The Hall–Kier alpha value is -2.11. The van der Waals surface area contributed by atoms with Crippen LogP contribution in [0.4, 0.5) is 4.79 Å². The van der Waals surface area contributed by atoms with Crippen molar-refractivity contribution in [1.82, 2.24) is 15.6 Å². The lowest BCUT2D eigenvalue weighted by Gasteiger charge is -2.21. The van der Waals surface area contributed by atoms with E-state index in [4.69, 9.17) is 4.74 Å². The molecule has 0 aliphatic heterocycles. The highest BCUT2D eigenvalue weighted by Crippen LogP contribution is 2.26. The van der Waals surface area contributed by atoms with Crippen LogP contribution in [0.5, 0.6) is 0 Å². The van der Waals surface area contributed by atoms with Crippen molar-refractivity contribution in [3.63, 3.8) is 0 Å². The summed E-state index contributed by atoms with van der Waals surface area (Å²) in [6.45, 7) is 5.92. The number of pyridine rings is 1. The molecule has 2 rings (SSSR count). The van der Waals surface area contributed by atoms with Gasteiger partial charge in [0.15, 0.2) is 0 Å². The Morgan fingerprint density at radius 3 is 2.74 bits per heavy atom. The van der Waals surface area contributed by atoms with Gasteiger partial charge in [0.25, 0.3) is 0 Å². The molecule has 0 spiro atoms. The summed E-state index contributed by atoms with van der Waals surface area (Å²) in [5, 5.41) is 5.75. The van der Waals surface area contributed by atoms with Crippen molar-refractivity contribution in [2.75, 3.05) is 0 Å². The molecule has 0 aromatic carbocycles. The van der Waals surface area contributed by atoms with Crippen molar-refractivity contribution in [1.29, 1.82) is 0 Å². The molecule has 6 heteroatoms. The number of rotatable bonds is 4. The van der Waals surface area contributed by atoms with Crippen LogP contribution in [0.1, 0.15) is 45.7 Å². The Morgan fingerprint density at radius 1 is 1.30 bits per heavy atom. The highest BCUT2D eigenvalue weighted by Gasteiger charge is 2.31. The molecule has 0 bridgehead atoms. The fraction of sp³-hybridized carbons (Fsp3) is 0.588. The number of ether oxygens (including phenoxy) is 1. The number of amides is 2. The fourth-order valence-corrected chi connectivity index (χ4v) is 2.65. The van der Waals surface area contributed by atoms with E-state index in [1.54, 1.807) is 6.20 Å². The second kappa shape index (κ2) is 7.44.